The highest BCUT2D eigenvalue weighted by Gasteiger charge is 2.43. The van der Waals surface area contributed by atoms with Crippen LogP contribution in [0.5, 0.6) is 5.75 Å². The number of fused-ring (bicyclic) bond motifs is 3. The quantitative estimate of drug-likeness (QED) is 0.387. The molecule has 2 unspecified atom stereocenters. The SMILES string of the molecule is CCC(SC1=Nc2ccccc2C2=NC(=O)C(CC(=O)NCc3ccccc3OC)N12)C(=O)NCc1ccco1. The van der Waals surface area contributed by atoms with Gasteiger partial charge in [-0.15, -0.1) is 0 Å². The predicted molar refractivity (Wildman–Crippen MR) is 152 cm³/mol. The van der Waals surface area contributed by atoms with E-state index in [0.717, 1.165) is 5.56 Å². The molecule has 3 aromatic rings. The number of aliphatic imine (C=N–C) groups is 2. The molecule has 2 aliphatic rings. The fourth-order valence-electron chi connectivity index (χ4n) is 4.52. The molecule has 40 heavy (non-hydrogen) atoms. The summed E-state index contributed by atoms with van der Waals surface area (Å²) in [6.07, 6.45) is 1.96. The number of hydrogen-bond donors (Lipinski definition) is 2. The van der Waals surface area contributed by atoms with Crippen molar-refractivity contribution in [1.82, 2.24) is 15.5 Å². The van der Waals surface area contributed by atoms with E-state index in [1.807, 2.05) is 55.5 Å². The number of benzene rings is 2. The molecular formula is C29H29N5O5S. The summed E-state index contributed by atoms with van der Waals surface area (Å²) in [4.78, 5) is 50.1. The lowest BCUT2D eigenvalue weighted by Crippen LogP contribution is -2.47. The highest BCUT2D eigenvalue weighted by molar-refractivity contribution is 8.15. The molecule has 0 bridgehead atoms. The Labute approximate surface area is 235 Å². The Morgan fingerprint density at radius 1 is 1.05 bits per heavy atom. The minimum absolute atomic E-state index is 0.121. The van der Waals surface area contributed by atoms with Crippen molar-refractivity contribution in [3.05, 3.63) is 83.8 Å². The van der Waals surface area contributed by atoms with Crippen LogP contribution in [0.2, 0.25) is 0 Å². The summed E-state index contributed by atoms with van der Waals surface area (Å²) in [5, 5.41) is 5.74. The van der Waals surface area contributed by atoms with Gasteiger partial charge < -0.3 is 19.8 Å². The second-order valence-electron chi connectivity index (χ2n) is 9.18. The molecule has 2 atom stereocenters. The highest BCUT2D eigenvalue weighted by Crippen LogP contribution is 2.36. The van der Waals surface area contributed by atoms with Crippen molar-refractivity contribution in [2.24, 2.45) is 9.98 Å². The van der Waals surface area contributed by atoms with Gasteiger partial charge in [0, 0.05) is 17.7 Å². The molecule has 3 heterocycles. The average molecular weight is 560 g/mol. The van der Waals surface area contributed by atoms with Crippen LogP contribution < -0.4 is 15.4 Å². The average Bonchev–Trinajstić information content (AvgIpc) is 3.61. The zero-order valence-electron chi connectivity index (χ0n) is 22.1. The van der Waals surface area contributed by atoms with Gasteiger partial charge in [-0.1, -0.05) is 49.0 Å². The molecular weight excluding hydrogens is 530 g/mol. The zero-order chi connectivity index (χ0) is 28.1. The minimum Gasteiger partial charge on any atom is -0.496 e. The van der Waals surface area contributed by atoms with E-state index in [1.165, 1.54) is 11.8 Å². The van der Waals surface area contributed by atoms with Crippen molar-refractivity contribution in [3.8, 4) is 5.75 Å². The van der Waals surface area contributed by atoms with E-state index in [9.17, 15) is 14.4 Å². The van der Waals surface area contributed by atoms with Crippen molar-refractivity contribution < 1.29 is 23.5 Å². The van der Waals surface area contributed by atoms with Gasteiger partial charge in [0.05, 0.1) is 37.3 Å². The maximum atomic E-state index is 13.1. The third-order valence-electron chi connectivity index (χ3n) is 6.58. The molecule has 10 nitrogen and oxygen atoms in total. The van der Waals surface area contributed by atoms with E-state index in [0.29, 0.717) is 40.2 Å². The van der Waals surface area contributed by atoms with Gasteiger partial charge in [-0.25, -0.2) is 4.99 Å². The molecule has 0 fully saturated rings. The molecule has 0 saturated carbocycles. The first-order chi connectivity index (χ1) is 19.5. The maximum absolute atomic E-state index is 13.1. The second kappa shape index (κ2) is 12.2. The lowest BCUT2D eigenvalue weighted by Gasteiger charge is -2.32. The number of amides is 3. The second-order valence-corrected chi connectivity index (χ2v) is 10.3. The standard InChI is InChI=1S/C29H29N5O5S/c1-3-24(28(37)31-17-19-10-8-14-39-19)40-29-32-21-12-6-5-11-20(21)26-33-27(36)22(34(26)29)15-25(35)30-16-18-9-4-7-13-23(18)38-2/h4-14,22,24H,3,15-17H2,1-2H3,(H,30,35)(H,31,37). The van der Waals surface area contributed by atoms with Crippen LogP contribution in [0.1, 0.15) is 36.7 Å². The van der Waals surface area contributed by atoms with E-state index in [1.54, 1.807) is 30.4 Å². The summed E-state index contributed by atoms with van der Waals surface area (Å²) in [5.41, 5.74) is 2.18. The Bertz CT molecular complexity index is 1470. The normalized spacial score (nSPS) is 16.4. The van der Waals surface area contributed by atoms with Crippen LogP contribution in [0.3, 0.4) is 0 Å². The number of amidine groups is 2. The molecule has 2 N–H and O–H groups in total. The number of para-hydroxylation sites is 2. The van der Waals surface area contributed by atoms with Crippen LogP contribution >= 0.6 is 11.8 Å². The first-order valence-electron chi connectivity index (χ1n) is 12.9. The van der Waals surface area contributed by atoms with Crippen molar-refractivity contribution in [2.75, 3.05) is 7.11 Å². The van der Waals surface area contributed by atoms with Crippen LogP contribution in [0.15, 0.2) is 81.3 Å². The summed E-state index contributed by atoms with van der Waals surface area (Å²) < 4.78 is 10.7. The Kier molecular flexibility index (Phi) is 8.30. The number of thioether (sulfide) groups is 1. The van der Waals surface area contributed by atoms with E-state index < -0.39 is 17.2 Å². The predicted octanol–water partition coefficient (Wildman–Crippen LogP) is 3.78. The van der Waals surface area contributed by atoms with Gasteiger partial charge in [-0.2, -0.15) is 4.99 Å². The fraction of sp³-hybridized carbons (Fsp3) is 0.276. The van der Waals surface area contributed by atoms with Gasteiger partial charge in [0.1, 0.15) is 23.4 Å². The number of ether oxygens (including phenoxy) is 1. The molecule has 0 spiro atoms. The van der Waals surface area contributed by atoms with Crippen molar-refractivity contribution >= 4 is 46.2 Å². The molecule has 1 aromatic heterocycles. The zero-order valence-corrected chi connectivity index (χ0v) is 22.9. The van der Waals surface area contributed by atoms with Crippen LogP contribution in [-0.4, -0.2) is 52.0 Å². The number of carbonyl (C=O) groups excluding carboxylic acids is 3. The molecule has 2 aliphatic heterocycles. The molecule has 2 aromatic carbocycles. The van der Waals surface area contributed by atoms with E-state index in [2.05, 4.69) is 15.6 Å². The first-order valence-corrected chi connectivity index (χ1v) is 13.8. The molecule has 0 saturated heterocycles. The fourth-order valence-corrected chi connectivity index (χ4v) is 5.61. The Hall–Kier alpha value is -4.38. The molecule has 0 radical (unpaired) electrons. The summed E-state index contributed by atoms with van der Waals surface area (Å²) in [7, 11) is 1.57. The summed E-state index contributed by atoms with van der Waals surface area (Å²) in [5.74, 6) is 0.831. The Morgan fingerprint density at radius 3 is 2.62 bits per heavy atom. The first kappa shape index (κ1) is 27.2. The Balaban J connectivity index is 1.34. The van der Waals surface area contributed by atoms with Gasteiger partial charge in [0.25, 0.3) is 5.91 Å². The molecule has 206 valence electrons. The number of methoxy groups -OCH3 is 1. The number of nitrogens with zero attached hydrogens (tertiary/aromatic N) is 3. The number of hydrogen-bond acceptors (Lipinski definition) is 8. The van der Waals surface area contributed by atoms with Crippen molar-refractivity contribution in [3.63, 3.8) is 0 Å². The number of furan rings is 1. The molecule has 5 rings (SSSR count). The van der Waals surface area contributed by atoms with Crippen molar-refractivity contribution in [1.29, 1.82) is 0 Å². The van der Waals surface area contributed by atoms with E-state index in [4.69, 9.17) is 14.1 Å². The summed E-state index contributed by atoms with van der Waals surface area (Å²) >= 11 is 1.25. The van der Waals surface area contributed by atoms with E-state index in [-0.39, 0.29) is 31.3 Å². The lowest BCUT2D eigenvalue weighted by atomic mass is 10.1. The highest BCUT2D eigenvalue weighted by atomic mass is 32.2. The third kappa shape index (κ3) is 5.79. The summed E-state index contributed by atoms with van der Waals surface area (Å²) in [6.45, 7) is 2.43. The minimum atomic E-state index is -0.879. The smallest absolute Gasteiger partial charge is 0.271 e. The van der Waals surface area contributed by atoms with Crippen LogP contribution in [0.25, 0.3) is 0 Å². The topological polar surface area (TPSA) is 126 Å². The number of rotatable bonds is 10. The largest absolute Gasteiger partial charge is 0.496 e. The van der Waals surface area contributed by atoms with Crippen molar-refractivity contribution in [2.45, 2.75) is 44.1 Å². The van der Waals surface area contributed by atoms with Gasteiger partial charge in [0.15, 0.2) is 5.17 Å². The van der Waals surface area contributed by atoms with Crippen LogP contribution in [0, 0.1) is 0 Å². The Morgan fingerprint density at radius 2 is 1.85 bits per heavy atom. The van der Waals surface area contributed by atoms with Gasteiger partial charge in [-0.3, -0.25) is 19.3 Å². The number of carbonyl (C=O) groups is 3. The van der Waals surface area contributed by atoms with E-state index >= 15 is 0 Å². The molecule has 0 aliphatic carbocycles. The third-order valence-corrected chi connectivity index (χ3v) is 7.91. The summed E-state index contributed by atoms with van der Waals surface area (Å²) in [6, 6.07) is 17.5. The molecule has 11 heteroatoms. The molecule has 3 amide bonds. The van der Waals surface area contributed by atoms with Gasteiger partial charge in [0.2, 0.25) is 11.8 Å². The lowest BCUT2D eigenvalue weighted by molar-refractivity contribution is -0.126. The maximum Gasteiger partial charge on any atom is 0.271 e. The monoisotopic (exact) mass is 559 g/mol. The van der Waals surface area contributed by atoms with Crippen LogP contribution in [0.4, 0.5) is 5.69 Å². The van der Waals surface area contributed by atoms with Gasteiger partial charge >= 0.3 is 0 Å². The number of nitrogens with one attached hydrogen (secondary N) is 2. The van der Waals surface area contributed by atoms with Crippen LogP contribution in [-0.2, 0) is 27.5 Å². The van der Waals surface area contributed by atoms with Gasteiger partial charge in [-0.05, 0) is 36.8 Å².